The average Bonchev–Trinajstić information content (AvgIpc) is 3.31. The average molecular weight is 515 g/mol. The maximum atomic E-state index is 14.0. The zero-order valence-corrected chi connectivity index (χ0v) is 21.1. The Bertz CT molecular complexity index is 1550. The van der Waals surface area contributed by atoms with Gasteiger partial charge in [0, 0.05) is 34.3 Å². The van der Waals surface area contributed by atoms with Crippen molar-refractivity contribution in [1.29, 1.82) is 0 Å². The molecular weight excluding hydrogens is 486 g/mol. The summed E-state index contributed by atoms with van der Waals surface area (Å²) >= 11 is 0. The Hall–Kier alpha value is -4.41. The maximum Gasteiger partial charge on any atom is 0.419 e. The molecule has 3 N–H and O–H groups in total. The number of fused-ring (bicyclic) bond motifs is 1. The lowest BCUT2D eigenvalue weighted by Crippen LogP contribution is -2.39. The maximum absolute atomic E-state index is 14.0. The molecule has 1 atom stereocenters. The Labute approximate surface area is 220 Å². The first-order valence-corrected chi connectivity index (χ1v) is 12.1. The number of aromatic amines is 1. The van der Waals surface area contributed by atoms with Crippen LogP contribution in [0.25, 0.3) is 10.9 Å². The van der Waals surface area contributed by atoms with Crippen molar-refractivity contribution in [3.8, 4) is 17.6 Å². The predicted octanol–water partition coefficient (Wildman–Crippen LogP) is 5.68. The van der Waals surface area contributed by atoms with Crippen LogP contribution in [0.3, 0.4) is 0 Å². The number of halogens is 2. The fourth-order valence-corrected chi connectivity index (χ4v) is 4.06. The van der Waals surface area contributed by atoms with Gasteiger partial charge in [0.25, 0.3) is 5.91 Å². The van der Waals surface area contributed by atoms with Crippen LogP contribution in [0.1, 0.15) is 38.2 Å². The molecule has 0 spiro atoms. The van der Waals surface area contributed by atoms with Crippen molar-refractivity contribution in [3.05, 3.63) is 113 Å². The van der Waals surface area contributed by atoms with Gasteiger partial charge in [0.05, 0.1) is 18.2 Å². The summed E-state index contributed by atoms with van der Waals surface area (Å²) in [6, 6.07) is 17.1. The van der Waals surface area contributed by atoms with Crippen molar-refractivity contribution in [2.45, 2.75) is 32.4 Å². The Balaban J connectivity index is 1.63. The number of rotatable bonds is 8. The van der Waals surface area contributed by atoms with E-state index in [1.165, 1.54) is 18.2 Å². The summed E-state index contributed by atoms with van der Waals surface area (Å²) in [5.74, 6) is 5.09. The molecule has 1 heterocycles. The highest BCUT2D eigenvalue weighted by atomic mass is 19.3. The van der Waals surface area contributed by atoms with Crippen LogP contribution in [-0.4, -0.2) is 34.8 Å². The molecule has 0 aliphatic carbocycles. The largest absolute Gasteiger partial charge is 0.429 e. The molecule has 194 valence electrons. The number of aromatic nitrogens is 1. The Morgan fingerprint density at radius 3 is 2.71 bits per heavy atom. The number of H-pyrrole nitrogens is 1. The van der Waals surface area contributed by atoms with Gasteiger partial charge in [0.15, 0.2) is 0 Å². The van der Waals surface area contributed by atoms with E-state index in [9.17, 15) is 18.7 Å². The van der Waals surface area contributed by atoms with E-state index in [0.29, 0.717) is 18.1 Å². The molecule has 4 rings (SSSR count). The first kappa shape index (κ1) is 26.6. The van der Waals surface area contributed by atoms with Gasteiger partial charge in [-0.05, 0) is 67.3 Å². The molecule has 4 aromatic rings. The van der Waals surface area contributed by atoms with Gasteiger partial charge in [-0.2, -0.15) is 8.78 Å². The molecular formula is C31H28F2N2O3. The molecule has 1 unspecified atom stereocenters. The molecule has 1 aromatic heterocycles. The van der Waals surface area contributed by atoms with Gasteiger partial charge in [-0.15, -0.1) is 0 Å². The van der Waals surface area contributed by atoms with Crippen molar-refractivity contribution in [2.75, 3.05) is 6.61 Å². The highest BCUT2D eigenvalue weighted by molar-refractivity contribution is 5.97. The van der Waals surface area contributed by atoms with Crippen LogP contribution in [-0.2, 0) is 6.42 Å². The van der Waals surface area contributed by atoms with Crippen LogP contribution in [0.2, 0.25) is 0 Å². The van der Waals surface area contributed by atoms with Crippen molar-refractivity contribution >= 4 is 16.8 Å². The lowest BCUT2D eigenvalue weighted by atomic mass is 10.0. The van der Waals surface area contributed by atoms with Crippen molar-refractivity contribution < 1.29 is 23.4 Å². The highest BCUT2D eigenvalue weighted by Gasteiger charge is 2.29. The second-order valence-corrected chi connectivity index (χ2v) is 9.06. The number of carbonyl (C=O) groups is 1. The summed E-state index contributed by atoms with van der Waals surface area (Å²) < 4.78 is 32.8. The van der Waals surface area contributed by atoms with Crippen LogP contribution in [0.5, 0.6) is 5.75 Å². The van der Waals surface area contributed by atoms with Gasteiger partial charge >= 0.3 is 6.11 Å². The van der Waals surface area contributed by atoms with E-state index in [0.717, 1.165) is 33.2 Å². The van der Waals surface area contributed by atoms with Crippen LogP contribution >= 0.6 is 0 Å². The number of hydrogen-bond acceptors (Lipinski definition) is 3. The number of hydrogen-bond donors (Lipinski definition) is 3. The van der Waals surface area contributed by atoms with E-state index in [-0.39, 0.29) is 17.9 Å². The van der Waals surface area contributed by atoms with Gasteiger partial charge in [-0.1, -0.05) is 48.8 Å². The van der Waals surface area contributed by atoms with Gasteiger partial charge < -0.3 is 20.1 Å². The minimum absolute atomic E-state index is 0.128. The Morgan fingerprint density at radius 2 is 1.95 bits per heavy atom. The third-order valence-corrected chi connectivity index (χ3v) is 6.14. The second-order valence-electron chi connectivity index (χ2n) is 9.06. The van der Waals surface area contributed by atoms with Crippen molar-refractivity contribution in [3.63, 3.8) is 0 Å². The number of para-hydroxylation sites is 1. The van der Waals surface area contributed by atoms with E-state index >= 15 is 0 Å². The molecule has 38 heavy (non-hydrogen) atoms. The minimum Gasteiger partial charge on any atom is -0.429 e. The monoisotopic (exact) mass is 514 g/mol. The molecule has 7 heteroatoms. The summed E-state index contributed by atoms with van der Waals surface area (Å²) in [4.78, 5) is 16.5. The highest BCUT2D eigenvalue weighted by Crippen LogP contribution is 2.28. The number of benzene rings is 3. The van der Waals surface area contributed by atoms with E-state index < -0.39 is 18.1 Å². The van der Waals surface area contributed by atoms with Gasteiger partial charge in [-0.25, -0.2) is 0 Å². The number of aryl methyl sites for hydroxylation is 2. The SMILES string of the molecule is C=CC(F)(F)Oc1ccc(C#Cc2cc(C)ccc2C)cc1C(=O)NC(CO)Cc1c[nH]c2ccccc12. The normalized spacial score (nSPS) is 11.9. The molecule has 0 radical (unpaired) electrons. The topological polar surface area (TPSA) is 74.3 Å². The third-order valence-electron chi connectivity index (χ3n) is 6.14. The summed E-state index contributed by atoms with van der Waals surface area (Å²) in [5.41, 5.74) is 5.04. The van der Waals surface area contributed by atoms with Crippen LogP contribution < -0.4 is 10.1 Å². The van der Waals surface area contributed by atoms with Crippen LogP contribution in [0, 0.1) is 25.7 Å². The summed E-state index contributed by atoms with van der Waals surface area (Å²) in [5, 5.41) is 13.7. The zero-order valence-electron chi connectivity index (χ0n) is 21.1. The fraction of sp³-hybridized carbons (Fsp3) is 0.194. The van der Waals surface area contributed by atoms with E-state index in [1.807, 2.05) is 62.5 Å². The van der Waals surface area contributed by atoms with Crippen molar-refractivity contribution in [2.24, 2.45) is 0 Å². The van der Waals surface area contributed by atoms with Gasteiger partial charge in [0.2, 0.25) is 0 Å². The molecule has 0 bridgehead atoms. The number of alkyl halides is 2. The Kier molecular flexibility index (Phi) is 7.94. The number of carbonyl (C=O) groups excluding carboxylic acids is 1. The van der Waals surface area contributed by atoms with E-state index in [1.54, 1.807) is 0 Å². The van der Waals surface area contributed by atoms with Crippen molar-refractivity contribution in [1.82, 2.24) is 10.3 Å². The lowest BCUT2D eigenvalue weighted by molar-refractivity contribution is -0.131. The van der Waals surface area contributed by atoms with Crippen LogP contribution in [0.4, 0.5) is 8.78 Å². The quantitative estimate of drug-likeness (QED) is 0.209. The number of nitrogens with one attached hydrogen (secondary N) is 2. The van der Waals surface area contributed by atoms with Gasteiger partial charge in [0.1, 0.15) is 5.75 Å². The number of ether oxygens (including phenoxy) is 1. The molecule has 0 saturated heterocycles. The zero-order chi connectivity index (χ0) is 27.3. The fourth-order valence-electron chi connectivity index (χ4n) is 4.06. The summed E-state index contributed by atoms with van der Waals surface area (Å²) in [6.07, 6.45) is -1.17. The molecule has 0 aliphatic rings. The van der Waals surface area contributed by atoms with Gasteiger partial charge in [-0.3, -0.25) is 4.79 Å². The number of aliphatic hydroxyl groups excluding tert-OH is 1. The number of aliphatic hydroxyl groups is 1. The predicted molar refractivity (Wildman–Crippen MR) is 144 cm³/mol. The molecule has 5 nitrogen and oxygen atoms in total. The third kappa shape index (κ3) is 6.28. The van der Waals surface area contributed by atoms with E-state index in [4.69, 9.17) is 4.74 Å². The smallest absolute Gasteiger partial charge is 0.419 e. The Morgan fingerprint density at radius 1 is 1.16 bits per heavy atom. The lowest BCUT2D eigenvalue weighted by Gasteiger charge is -2.20. The molecule has 1 amide bonds. The standard InChI is InChI=1S/C31H28F2N2O3/c1-4-31(32,33)38-29-14-12-22(11-13-23-15-20(2)9-10-21(23)3)16-27(29)30(37)35-25(19-36)17-24-18-34-28-8-6-5-7-26(24)28/h4-10,12,14-16,18,25,34,36H,1,17,19H2,2-3H3,(H,35,37). The number of amides is 1. The first-order chi connectivity index (χ1) is 18.2. The molecule has 3 aromatic carbocycles. The molecule has 0 aliphatic heterocycles. The van der Waals surface area contributed by atoms with Crippen LogP contribution in [0.15, 0.2) is 79.5 Å². The van der Waals surface area contributed by atoms with E-state index in [2.05, 4.69) is 28.7 Å². The second kappa shape index (κ2) is 11.3. The minimum atomic E-state index is -3.68. The summed E-state index contributed by atoms with van der Waals surface area (Å²) in [6.45, 7) is 6.65. The first-order valence-electron chi connectivity index (χ1n) is 12.1. The molecule has 0 fully saturated rings. The summed E-state index contributed by atoms with van der Waals surface area (Å²) in [7, 11) is 0. The molecule has 0 saturated carbocycles.